The largest absolute Gasteiger partial charge is 0.484 e. The third-order valence-electron chi connectivity index (χ3n) is 4.30. The summed E-state index contributed by atoms with van der Waals surface area (Å²) in [5.74, 6) is -0.872. The number of anilines is 1. The standard InChI is InChI=1S/C19H20F2N2O3/c20-14-3-6-18(17(21)9-14)22-15-7-8-23(10-15)19(25)12-26-16-4-1-13(11-24)2-5-16/h1-6,9,15,22,24H,7-8,10-12H2. The van der Waals surface area contributed by atoms with Crippen LogP contribution in [0, 0.1) is 11.6 Å². The lowest BCUT2D eigenvalue weighted by Crippen LogP contribution is -2.35. The predicted molar refractivity (Wildman–Crippen MR) is 92.8 cm³/mol. The molecule has 26 heavy (non-hydrogen) atoms. The second-order valence-corrected chi connectivity index (χ2v) is 6.18. The Bertz CT molecular complexity index is 768. The number of hydrogen-bond acceptors (Lipinski definition) is 4. The van der Waals surface area contributed by atoms with E-state index in [1.165, 1.54) is 12.1 Å². The van der Waals surface area contributed by atoms with Crippen LogP contribution in [0.4, 0.5) is 14.5 Å². The van der Waals surface area contributed by atoms with Gasteiger partial charge in [-0.05, 0) is 36.2 Å². The number of ether oxygens (including phenoxy) is 1. The molecule has 1 atom stereocenters. The number of nitrogens with zero attached hydrogens (tertiary/aromatic N) is 1. The van der Waals surface area contributed by atoms with Crippen molar-refractivity contribution in [3.63, 3.8) is 0 Å². The highest BCUT2D eigenvalue weighted by molar-refractivity contribution is 5.78. The predicted octanol–water partition coefficient (Wildman–Crippen LogP) is 2.55. The zero-order chi connectivity index (χ0) is 18.5. The molecule has 0 aliphatic carbocycles. The summed E-state index contributed by atoms with van der Waals surface area (Å²) in [5, 5.41) is 12.0. The molecule has 1 aliphatic heterocycles. The normalized spacial score (nSPS) is 16.6. The van der Waals surface area contributed by atoms with E-state index in [1.54, 1.807) is 29.2 Å². The molecule has 0 bridgehead atoms. The van der Waals surface area contributed by atoms with E-state index >= 15 is 0 Å². The van der Waals surface area contributed by atoms with Gasteiger partial charge in [0, 0.05) is 25.2 Å². The van der Waals surface area contributed by atoms with Gasteiger partial charge in [0.2, 0.25) is 0 Å². The molecule has 2 N–H and O–H groups in total. The molecule has 0 radical (unpaired) electrons. The third-order valence-corrected chi connectivity index (χ3v) is 4.30. The molecule has 1 unspecified atom stereocenters. The van der Waals surface area contributed by atoms with Crippen molar-refractivity contribution in [1.29, 1.82) is 0 Å². The van der Waals surface area contributed by atoms with Crippen LogP contribution in [0.1, 0.15) is 12.0 Å². The van der Waals surface area contributed by atoms with Crippen LogP contribution in [-0.2, 0) is 11.4 Å². The molecular formula is C19H20F2N2O3. The lowest BCUT2D eigenvalue weighted by atomic mass is 10.2. The van der Waals surface area contributed by atoms with E-state index in [0.717, 1.165) is 11.6 Å². The molecule has 3 rings (SSSR count). The second-order valence-electron chi connectivity index (χ2n) is 6.18. The van der Waals surface area contributed by atoms with E-state index in [4.69, 9.17) is 9.84 Å². The van der Waals surface area contributed by atoms with Crippen LogP contribution in [0.3, 0.4) is 0 Å². The number of benzene rings is 2. The maximum atomic E-state index is 13.7. The monoisotopic (exact) mass is 362 g/mol. The van der Waals surface area contributed by atoms with Crippen molar-refractivity contribution >= 4 is 11.6 Å². The SMILES string of the molecule is O=C(COc1ccc(CO)cc1)N1CCC(Nc2ccc(F)cc2F)C1. The topological polar surface area (TPSA) is 61.8 Å². The fourth-order valence-corrected chi connectivity index (χ4v) is 2.86. The zero-order valence-corrected chi connectivity index (χ0v) is 14.1. The summed E-state index contributed by atoms with van der Waals surface area (Å²) in [6, 6.07) is 10.1. The number of hydrogen-bond donors (Lipinski definition) is 2. The van der Waals surface area contributed by atoms with Crippen molar-refractivity contribution in [2.24, 2.45) is 0 Å². The Morgan fingerprint density at radius 1 is 1.23 bits per heavy atom. The molecule has 1 heterocycles. The van der Waals surface area contributed by atoms with E-state index in [2.05, 4.69) is 5.32 Å². The highest BCUT2D eigenvalue weighted by Crippen LogP contribution is 2.20. The van der Waals surface area contributed by atoms with Gasteiger partial charge in [-0.15, -0.1) is 0 Å². The third kappa shape index (κ3) is 4.49. The van der Waals surface area contributed by atoms with Crippen LogP contribution in [0.25, 0.3) is 0 Å². The molecule has 7 heteroatoms. The van der Waals surface area contributed by atoms with Gasteiger partial charge in [0.05, 0.1) is 12.3 Å². The Morgan fingerprint density at radius 2 is 2.00 bits per heavy atom. The molecule has 2 aromatic rings. The Labute approximate surface area is 150 Å². The first kappa shape index (κ1) is 18.1. The van der Waals surface area contributed by atoms with Gasteiger partial charge in [0.15, 0.2) is 6.61 Å². The van der Waals surface area contributed by atoms with Crippen molar-refractivity contribution in [2.75, 3.05) is 25.0 Å². The van der Waals surface area contributed by atoms with Crippen LogP contribution in [-0.4, -0.2) is 41.7 Å². The van der Waals surface area contributed by atoms with Gasteiger partial charge in [0.25, 0.3) is 5.91 Å². The minimum atomic E-state index is -0.649. The summed E-state index contributed by atoms with van der Waals surface area (Å²) < 4.78 is 32.1. The molecule has 5 nitrogen and oxygen atoms in total. The summed E-state index contributed by atoms with van der Waals surface area (Å²) in [5.41, 5.74) is 0.996. The van der Waals surface area contributed by atoms with Crippen LogP contribution in [0.5, 0.6) is 5.75 Å². The fraction of sp³-hybridized carbons (Fsp3) is 0.316. The highest BCUT2D eigenvalue weighted by Gasteiger charge is 2.26. The van der Waals surface area contributed by atoms with Gasteiger partial charge < -0.3 is 20.1 Å². The van der Waals surface area contributed by atoms with E-state index in [-0.39, 0.29) is 30.9 Å². The number of nitrogens with one attached hydrogen (secondary N) is 1. The Hall–Kier alpha value is -2.67. The summed E-state index contributed by atoms with van der Waals surface area (Å²) in [7, 11) is 0. The number of carbonyl (C=O) groups excluding carboxylic acids is 1. The smallest absolute Gasteiger partial charge is 0.260 e. The molecule has 1 aliphatic rings. The highest BCUT2D eigenvalue weighted by atomic mass is 19.1. The molecule has 2 aromatic carbocycles. The van der Waals surface area contributed by atoms with Crippen molar-refractivity contribution in [2.45, 2.75) is 19.1 Å². The van der Waals surface area contributed by atoms with E-state index in [0.29, 0.717) is 25.3 Å². The number of aliphatic hydroxyl groups is 1. The van der Waals surface area contributed by atoms with E-state index in [9.17, 15) is 13.6 Å². The van der Waals surface area contributed by atoms with Crippen LogP contribution in [0.15, 0.2) is 42.5 Å². The minimum Gasteiger partial charge on any atom is -0.484 e. The lowest BCUT2D eigenvalue weighted by molar-refractivity contribution is -0.132. The van der Waals surface area contributed by atoms with Crippen molar-refractivity contribution in [3.8, 4) is 5.75 Å². The summed E-state index contributed by atoms with van der Waals surface area (Å²) in [4.78, 5) is 13.9. The summed E-state index contributed by atoms with van der Waals surface area (Å²) in [6.07, 6.45) is 0.674. The minimum absolute atomic E-state index is 0.0456. The molecule has 1 fully saturated rings. The van der Waals surface area contributed by atoms with Gasteiger partial charge in [-0.3, -0.25) is 4.79 Å². The molecule has 0 spiro atoms. The molecule has 138 valence electrons. The molecular weight excluding hydrogens is 342 g/mol. The van der Waals surface area contributed by atoms with Crippen LogP contribution < -0.4 is 10.1 Å². The number of amides is 1. The Balaban J connectivity index is 1.48. The molecule has 0 saturated carbocycles. The molecule has 1 saturated heterocycles. The van der Waals surface area contributed by atoms with Crippen LogP contribution in [0.2, 0.25) is 0 Å². The van der Waals surface area contributed by atoms with Gasteiger partial charge in [-0.1, -0.05) is 12.1 Å². The zero-order valence-electron chi connectivity index (χ0n) is 14.1. The second kappa shape index (κ2) is 8.14. The first-order valence-corrected chi connectivity index (χ1v) is 8.37. The quantitative estimate of drug-likeness (QED) is 0.829. The maximum Gasteiger partial charge on any atom is 0.260 e. The fourth-order valence-electron chi connectivity index (χ4n) is 2.86. The molecule has 1 amide bonds. The summed E-state index contributed by atoms with van der Waals surface area (Å²) >= 11 is 0. The van der Waals surface area contributed by atoms with Gasteiger partial charge in [-0.2, -0.15) is 0 Å². The number of halogens is 2. The number of carbonyl (C=O) groups is 1. The van der Waals surface area contributed by atoms with Crippen molar-refractivity contribution in [1.82, 2.24) is 4.90 Å². The average Bonchev–Trinajstić information content (AvgIpc) is 3.11. The first-order valence-electron chi connectivity index (χ1n) is 8.37. The van der Waals surface area contributed by atoms with Crippen molar-refractivity contribution in [3.05, 3.63) is 59.7 Å². The van der Waals surface area contributed by atoms with E-state index in [1.807, 2.05) is 0 Å². The number of rotatable bonds is 6. The lowest BCUT2D eigenvalue weighted by Gasteiger charge is -2.18. The number of aliphatic hydroxyl groups excluding tert-OH is 1. The van der Waals surface area contributed by atoms with Gasteiger partial charge in [-0.25, -0.2) is 8.78 Å². The van der Waals surface area contributed by atoms with Gasteiger partial charge >= 0.3 is 0 Å². The number of likely N-dealkylation sites (tertiary alicyclic amines) is 1. The molecule has 0 aromatic heterocycles. The Kier molecular flexibility index (Phi) is 5.68. The average molecular weight is 362 g/mol. The summed E-state index contributed by atoms with van der Waals surface area (Å²) in [6.45, 7) is 0.848. The van der Waals surface area contributed by atoms with E-state index < -0.39 is 11.6 Å². The Morgan fingerprint density at radius 3 is 2.69 bits per heavy atom. The first-order chi connectivity index (χ1) is 12.5. The maximum absolute atomic E-state index is 13.7. The van der Waals surface area contributed by atoms with Crippen molar-refractivity contribution < 1.29 is 23.4 Å². The van der Waals surface area contributed by atoms with Crippen LogP contribution >= 0.6 is 0 Å². The van der Waals surface area contributed by atoms with Gasteiger partial charge in [0.1, 0.15) is 17.4 Å².